The number of halogens is 1. The Morgan fingerprint density at radius 3 is 2.62 bits per heavy atom. The minimum atomic E-state index is 1.14. The van der Waals surface area contributed by atoms with Crippen molar-refractivity contribution in [3.63, 3.8) is 0 Å². The molecule has 0 amide bonds. The van der Waals surface area contributed by atoms with Crippen molar-refractivity contribution in [3.05, 3.63) is 65.7 Å². The Kier molecular flexibility index (Phi) is 3.18. The molecule has 2 aromatic heterocycles. The average molecular weight is 460 g/mol. The minimum Gasteiger partial charge on any atom is -0.452 e. The maximum absolute atomic E-state index is 2.89. The van der Waals surface area contributed by atoms with Gasteiger partial charge in [-0.05, 0) is 48.2 Å². The molecule has 0 spiro atoms. The maximum atomic E-state index is 2.89. The summed E-state index contributed by atoms with van der Waals surface area (Å²) >= 11 is 5.34. The van der Waals surface area contributed by atoms with E-state index in [1.807, 2.05) is 0 Å². The van der Waals surface area contributed by atoms with Gasteiger partial charge in [-0.3, -0.25) is 2.78 Å². The van der Waals surface area contributed by atoms with Gasteiger partial charge in [-0.15, -0.1) is 0 Å². The number of nitrogens with zero attached hydrogens (tertiary/aromatic N) is 2. The highest BCUT2D eigenvalue weighted by atomic mass is 127. The first-order chi connectivity index (χ1) is 12.7. The minimum absolute atomic E-state index is 1.14. The Morgan fingerprint density at radius 2 is 1.69 bits per heavy atom. The fraction of sp³-hybridized carbons (Fsp3) is 0.0909. The predicted molar refractivity (Wildman–Crippen MR) is 120 cm³/mol. The number of hydrogen-bond donors (Lipinski definition) is 0. The lowest BCUT2D eigenvalue weighted by Crippen LogP contribution is -1.94. The second-order valence-electron chi connectivity index (χ2n) is 7.03. The van der Waals surface area contributed by atoms with E-state index in [0.29, 0.717) is 0 Å². The van der Waals surface area contributed by atoms with Gasteiger partial charge in [0, 0.05) is 32.6 Å². The molecule has 26 heavy (non-hydrogen) atoms. The van der Waals surface area contributed by atoms with Crippen molar-refractivity contribution < 1.29 is 0 Å². The summed E-state index contributed by atoms with van der Waals surface area (Å²) in [5, 5.41) is 5.35. The number of para-hydroxylation sites is 1. The fourth-order valence-corrected chi connectivity index (χ4v) is 5.71. The van der Waals surface area contributed by atoms with Gasteiger partial charge in [0.25, 0.3) is 0 Å². The van der Waals surface area contributed by atoms with Crippen LogP contribution in [0.2, 0.25) is 0 Å². The number of benzene rings is 3. The molecule has 0 saturated heterocycles. The van der Waals surface area contributed by atoms with Crippen LogP contribution in [0.15, 0.2) is 54.6 Å². The van der Waals surface area contributed by atoms with E-state index in [2.05, 4.69) is 106 Å². The Balaban J connectivity index is 1.88. The van der Waals surface area contributed by atoms with Crippen molar-refractivity contribution in [2.24, 2.45) is 0 Å². The monoisotopic (exact) mass is 460 g/mol. The van der Waals surface area contributed by atoms with Crippen molar-refractivity contribution in [2.45, 2.75) is 12.8 Å². The molecular formula is C22H14AlIN2. The van der Waals surface area contributed by atoms with E-state index in [0.717, 1.165) is 12.8 Å². The summed E-state index contributed by atoms with van der Waals surface area (Å²) in [5.41, 5.74) is 7.99. The zero-order valence-corrected chi connectivity index (χ0v) is 17.3. The number of aromatic nitrogens is 2. The second kappa shape index (κ2) is 5.39. The summed E-state index contributed by atoms with van der Waals surface area (Å²) in [6.45, 7) is 0. The van der Waals surface area contributed by atoms with Gasteiger partial charge in [0.1, 0.15) is 0 Å². The van der Waals surface area contributed by atoms with Crippen molar-refractivity contribution >= 4 is 89.1 Å². The molecule has 0 bridgehead atoms. The molecule has 2 nitrogen and oxygen atoms in total. The summed E-state index contributed by atoms with van der Waals surface area (Å²) in [7, 11) is 0. The Morgan fingerprint density at radius 1 is 0.846 bits per heavy atom. The molecule has 0 N–H and O–H groups in total. The van der Waals surface area contributed by atoms with E-state index in [-0.39, 0.29) is 0 Å². The van der Waals surface area contributed by atoms with Crippen LogP contribution in [0, 0.1) is 0 Å². The summed E-state index contributed by atoms with van der Waals surface area (Å²) in [6.07, 6.45) is 6.91. The lowest BCUT2D eigenvalue weighted by atomic mass is 9.93. The first-order valence-corrected chi connectivity index (χ1v) is 10.3. The molecule has 6 rings (SSSR count). The van der Waals surface area contributed by atoms with Gasteiger partial charge in [0.15, 0.2) is 0 Å². The second-order valence-corrected chi connectivity index (χ2v) is 8.51. The number of hydrogen-bond acceptors (Lipinski definition) is 0. The molecule has 2 heterocycles. The molecule has 0 unspecified atom stereocenters. The number of allylic oxidation sites excluding steroid dienone is 1. The van der Waals surface area contributed by atoms with Crippen LogP contribution in [0.5, 0.6) is 0 Å². The molecule has 3 aromatic carbocycles. The highest BCUT2D eigenvalue weighted by Crippen LogP contribution is 2.40. The van der Waals surface area contributed by atoms with E-state index < -0.39 is 0 Å². The molecule has 1 aliphatic rings. The summed E-state index contributed by atoms with van der Waals surface area (Å²) < 4.78 is 4.56. The Labute approximate surface area is 173 Å². The van der Waals surface area contributed by atoms with Gasteiger partial charge in [0.05, 0.1) is 33.9 Å². The van der Waals surface area contributed by atoms with Crippen LogP contribution < -0.4 is 0 Å². The number of aryl methyl sites for hydroxylation is 1. The van der Waals surface area contributed by atoms with E-state index >= 15 is 0 Å². The molecule has 0 saturated carbocycles. The standard InChI is InChI=1S/C22H14IN2.Al/c23-25-20-10-9-13-5-1-2-6-14(13)22(20)17-11-19-16(12-21(17)25)15-7-3-4-8-18(15)24-19;/h2-4,6-12H,1,5H2;/q-1;+1. The molecule has 0 fully saturated rings. The maximum Gasteiger partial charge on any atom is 0.318 e. The summed E-state index contributed by atoms with van der Waals surface area (Å²) in [6, 6.07) is 18.0. The fourth-order valence-electron chi connectivity index (χ4n) is 4.47. The van der Waals surface area contributed by atoms with E-state index in [4.69, 9.17) is 0 Å². The van der Waals surface area contributed by atoms with Crippen LogP contribution in [0.4, 0.5) is 0 Å². The third-order valence-corrected chi connectivity index (χ3v) is 7.29. The molecule has 0 aliphatic heterocycles. The van der Waals surface area contributed by atoms with Crippen molar-refractivity contribution in [1.29, 1.82) is 0 Å². The van der Waals surface area contributed by atoms with Gasteiger partial charge >= 0.3 is 16.5 Å². The molecule has 122 valence electrons. The predicted octanol–water partition coefficient (Wildman–Crippen LogP) is 5.99. The third-order valence-electron chi connectivity index (χ3n) is 5.70. The van der Waals surface area contributed by atoms with E-state index in [1.165, 1.54) is 54.7 Å². The van der Waals surface area contributed by atoms with Crippen molar-refractivity contribution in [3.8, 4) is 0 Å². The van der Waals surface area contributed by atoms with Crippen molar-refractivity contribution in [2.75, 3.05) is 0 Å². The van der Waals surface area contributed by atoms with Crippen LogP contribution in [0.25, 0.3) is 49.7 Å². The van der Waals surface area contributed by atoms with Crippen LogP contribution in [-0.2, 0) is 6.42 Å². The van der Waals surface area contributed by atoms with E-state index in [1.54, 1.807) is 0 Å². The first-order valence-electron chi connectivity index (χ1n) is 8.85. The van der Waals surface area contributed by atoms with Gasteiger partial charge in [-0.25, -0.2) is 0 Å². The SMILES string of the molecule is [Al][n]1c2ccccc2c2cc3c(cc21)c1c2c(ccc1n3I)CCC=C2. The van der Waals surface area contributed by atoms with Crippen LogP contribution in [-0.4, -0.2) is 22.8 Å². The summed E-state index contributed by atoms with van der Waals surface area (Å²) in [4.78, 5) is 0. The lowest BCUT2D eigenvalue weighted by Gasteiger charge is -2.11. The normalized spacial score (nSPS) is 14.0. The zero-order chi connectivity index (χ0) is 17.4. The molecule has 2 radical (unpaired) electrons. The molecule has 4 heteroatoms. The number of rotatable bonds is 0. The number of fused-ring (bicyclic) bond motifs is 8. The highest BCUT2D eigenvalue weighted by molar-refractivity contribution is 14.1. The Bertz CT molecular complexity index is 1400. The largest absolute Gasteiger partial charge is 0.452 e. The summed E-state index contributed by atoms with van der Waals surface area (Å²) in [5.74, 6) is 0. The van der Waals surface area contributed by atoms with Crippen LogP contribution in [0.3, 0.4) is 0 Å². The van der Waals surface area contributed by atoms with E-state index in [9.17, 15) is 0 Å². The van der Waals surface area contributed by atoms with Gasteiger partial charge in [-0.1, -0.05) is 36.4 Å². The highest BCUT2D eigenvalue weighted by Gasteiger charge is 2.18. The zero-order valence-electron chi connectivity index (χ0n) is 14.0. The molecule has 5 aromatic rings. The lowest BCUT2D eigenvalue weighted by molar-refractivity contribution is 0.990. The molecular weight excluding hydrogens is 446 g/mol. The van der Waals surface area contributed by atoms with Gasteiger partial charge in [-0.2, -0.15) is 0 Å². The first kappa shape index (κ1) is 15.3. The quantitative estimate of drug-likeness (QED) is 0.199. The topological polar surface area (TPSA) is 9.86 Å². The van der Waals surface area contributed by atoms with Crippen molar-refractivity contribution in [1.82, 2.24) is 6.33 Å². The Hall–Kier alpha value is -1.74. The van der Waals surface area contributed by atoms with Crippen LogP contribution in [0.1, 0.15) is 17.5 Å². The molecule has 1 aliphatic carbocycles. The van der Waals surface area contributed by atoms with Crippen LogP contribution >= 0.6 is 22.9 Å². The smallest absolute Gasteiger partial charge is 0.318 e. The van der Waals surface area contributed by atoms with Gasteiger partial charge in [0.2, 0.25) is 0 Å². The average Bonchev–Trinajstić information content (AvgIpc) is 3.13. The van der Waals surface area contributed by atoms with Gasteiger partial charge < -0.3 is 3.55 Å². The third kappa shape index (κ3) is 1.88. The molecule has 0 atom stereocenters.